The molecule has 1 saturated heterocycles. The minimum atomic E-state index is -0.944. The quantitative estimate of drug-likeness (QED) is 0.760. The monoisotopic (exact) mass is 327 g/mol. The van der Waals surface area contributed by atoms with E-state index in [0.29, 0.717) is 6.42 Å². The third-order valence-electron chi connectivity index (χ3n) is 5.07. The van der Waals surface area contributed by atoms with Crippen LogP contribution in [-0.4, -0.2) is 48.2 Å². The van der Waals surface area contributed by atoms with Crippen LogP contribution in [0, 0.1) is 5.92 Å². The minimum Gasteiger partial charge on any atom is -0.480 e. The first-order valence-electron chi connectivity index (χ1n) is 8.50. The maximum absolute atomic E-state index is 11.3. The highest BCUT2D eigenvalue weighted by atomic mass is 16.4. The van der Waals surface area contributed by atoms with Gasteiger partial charge in [-0.15, -0.1) is 0 Å². The number of carboxylic acid groups (broad SMARTS) is 1. The van der Waals surface area contributed by atoms with E-state index >= 15 is 0 Å². The highest BCUT2D eigenvalue weighted by Crippen LogP contribution is 2.42. The first-order chi connectivity index (χ1) is 11.6. The van der Waals surface area contributed by atoms with Crippen LogP contribution in [-0.2, 0) is 10.3 Å². The molecule has 0 bridgehead atoms. The van der Waals surface area contributed by atoms with Crippen LogP contribution >= 0.6 is 0 Å². The highest BCUT2D eigenvalue weighted by Gasteiger charge is 2.44. The summed E-state index contributed by atoms with van der Waals surface area (Å²) >= 11 is 0. The second-order valence-electron chi connectivity index (χ2n) is 6.46. The normalized spacial score (nSPS) is 28.6. The number of nitrogens with one attached hydrogen (secondary N) is 1. The van der Waals surface area contributed by atoms with E-state index in [-0.39, 0.29) is 11.5 Å². The summed E-state index contributed by atoms with van der Waals surface area (Å²) in [6.07, 6.45) is 8.81. The second-order valence-corrected chi connectivity index (χ2v) is 6.46. The third kappa shape index (κ3) is 3.15. The van der Waals surface area contributed by atoms with Crippen LogP contribution in [0.15, 0.2) is 54.6 Å². The average Bonchev–Trinajstić information content (AvgIpc) is 2.63. The molecule has 1 aromatic rings. The number of nitrogens with two attached hydrogens (primary N) is 1. The molecule has 0 spiro atoms. The van der Waals surface area contributed by atoms with Gasteiger partial charge in [-0.05, 0) is 12.0 Å². The molecule has 3 atom stereocenters. The van der Waals surface area contributed by atoms with Crippen molar-refractivity contribution >= 4 is 5.97 Å². The molecule has 4 N–H and O–H groups in total. The number of aliphatic carboxylic acids is 1. The molecule has 5 heteroatoms. The van der Waals surface area contributed by atoms with Gasteiger partial charge in [0, 0.05) is 32.1 Å². The largest absolute Gasteiger partial charge is 0.480 e. The van der Waals surface area contributed by atoms with Crippen LogP contribution in [0.5, 0.6) is 0 Å². The molecule has 0 radical (unpaired) electrons. The lowest BCUT2D eigenvalue weighted by Gasteiger charge is -2.50. The topological polar surface area (TPSA) is 78.6 Å². The fourth-order valence-electron chi connectivity index (χ4n) is 3.88. The lowest BCUT2D eigenvalue weighted by molar-refractivity contribution is -0.139. The molecule has 2 aliphatic rings. The van der Waals surface area contributed by atoms with Crippen LogP contribution in [0.3, 0.4) is 0 Å². The molecule has 0 amide bonds. The molecule has 5 nitrogen and oxygen atoms in total. The number of allylic oxidation sites excluding steroid dienone is 2. The van der Waals surface area contributed by atoms with Crippen molar-refractivity contribution in [3.05, 3.63) is 60.2 Å². The van der Waals surface area contributed by atoms with Gasteiger partial charge in [0.1, 0.15) is 6.04 Å². The van der Waals surface area contributed by atoms with Gasteiger partial charge in [-0.25, -0.2) is 0 Å². The van der Waals surface area contributed by atoms with E-state index in [1.807, 2.05) is 24.3 Å². The Hall–Kier alpha value is -1.95. The number of nitrogens with zero attached hydrogens (tertiary/aromatic N) is 1. The van der Waals surface area contributed by atoms with Crippen LogP contribution in [0.1, 0.15) is 12.0 Å². The van der Waals surface area contributed by atoms with E-state index in [1.165, 1.54) is 5.56 Å². The van der Waals surface area contributed by atoms with Crippen molar-refractivity contribution in [3.8, 4) is 0 Å². The van der Waals surface area contributed by atoms with Crippen molar-refractivity contribution in [2.45, 2.75) is 18.0 Å². The number of carboxylic acids is 1. The van der Waals surface area contributed by atoms with Gasteiger partial charge in [0.05, 0.1) is 5.54 Å². The Morgan fingerprint density at radius 1 is 1.29 bits per heavy atom. The van der Waals surface area contributed by atoms with E-state index in [4.69, 9.17) is 5.73 Å². The van der Waals surface area contributed by atoms with Crippen LogP contribution in [0.2, 0.25) is 0 Å². The summed E-state index contributed by atoms with van der Waals surface area (Å²) in [5.41, 5.74) is 6.74. The van der Waals surface area contributed by atoms with Gasteiger partial charge in [-0.2, -0.15) is 0 Å². The zero-order valence-electron chi connectivity index (χ0n) is 13.8. The van der Waals surface area contributed by atoms with E-state index in [9.17, 15) is 9.90 Å². The predicted molar refractivity (Wildman–Crippen MR) is 94.6 cm³/mol. The number of piperazine rings is 1. The smallest absolute Gasteiger partial charge is 0.320 e. The van der Waals surface area contributed by atoms with Gasteiger partial charge in [-0.1, -0.05) is 54.6 Å². The molecule has 1 heterocycles. The summed E-state index contributed by atoms with van der Waals surface area (Å²) in [6, 6.07) is 9.49. The molecular weight excluding hydrogens is 302 g/mol. The Morgan fingerprint density at radius 3 is 2.67 bits per heavy atom. The van der Waals surface area contributed by atoms with Crippen LogP contribution in [0.25, 0.3) is 0 Å². The first kappa shape index (κ1) is 16.9. The number of rotatable bonds is 5. The second kappa shape index (κ2) is 7.30. The number of hydrogen-bond acceptors (Lipinski definition) is 4. The van der Waals surface area contributed by atoms with Crippen molar-refractivity contribution in [1.29, 1.82) is 0 Å². The Labute approximate surface area is 142 Å². The van der Waals surface area contributed by atoms with Crippen molar-refractivity contribution < 1.29 is 9.90 Å². The Bertz CT molecular complexity index is 623. The van der Waals surface area contributed by atoms with E-state index in [2.05, 4.69) is 40.6 Å². The maximum Gasteiger partial charge on any atom is 0.320 e. The standard InChI is InChI=1S/C19H25N3O2/c20-17(18(23)24)14-16-8-4-5-9-19(16,15-6-2-1-3-7-15)22-12-10-21-11-13-22/h1-9,16-17,21H,10-14,20H2,(H,23,24)/t16?,17-,19?/m1/s1. The summed E-state index contributed by atoms with van der Waals surface area (Å²) in [6.45, 7) is 3.71. The van der Waals surface area contributed by atoms with Gasteiger partial charge in [0.25, 0.3) is 0 Å². The summed E-state index contributed by atoms with van der Waals surface area (Å²) in [5.74, 6) is -0.922. The number of carbonyl (C=O) groups is 1. The van der Waals surface area contributed by atoms with E-state index in [1.54, 1.807) is 0 Å². The summed E-state index contributed by atoms with van der Waals surface area (Å²) in [7, 11) is 0. The Morgan fingerprint density at radius 2 is 2.00 bits per heavy atom. The third-order valence-corrected chi connectivity index (χ3v) is 5.07. The lowest BCUT2D eigenvalue weighted by atomic mass is 9.71. The Kier molecular flexibility index (Phi) is 5.14. The van der Waals surface area contributed by atoms with Gasteiger partial charge >= 0.3 is 5.97 Å². The Balaban J connectivity index is 2.02. The molecule has 0 saturated carbocycles. The molecule has 0 aromatic heterocycles. The zero-order valence-corrected chi connectivity index (χ0v) is 13.8. The molecule has 1 fully saturated rings. The summed E-state index contributed by atoms with van der Waals surface area (Å²) in [4.78, 5) is 13.8. The molecule has 1 aromatic carbocycles. The molecule has 2 unspecified atom stereocenters. The number of hydrogen-bond donors (Lipinski definition) is 3. The van der Waals surface area contributed by atoms with Gasteiger partial charge in [-0.3, -0.25) is 9.69 Å². The summed E-state index contributed by atoms with van der Waals surface area (Å²) < 4.78 is 0. The van der Waals surface area contributed by atoms with Gasteiger partial charge in [0.15, 0.2) is 0 Å². The van der Waals surface area contributed by atoms with E-state index < -0.39 is 12.0 Å². The molecular formula is C19H25N3O2. The van der Waals surface area contributed by atoms with Crippen LogP contribution in [0.4, 0.5) is 0 Å². The van der Waals surface area contributed by atoms with Crippen molar-refractivity contribution in [1.82, 2.24) is 10.2 Å². The molecule has 1 aliphatic heterocycles. The summed E-state index contributed by atoms with van der Waals surface area (Å²) in [5, 5.41) is 12.7. The van der Waals surface area contributed by atoms with Gasteiger partial charge in [0.2, 0.25) is 0 Å². The fraction of sp³-hybridized carbons (Fsp3) is 0.421. The van der Waals surface area contributed by atoms with Crippen molar-refractivity contribution in [3.63, 3.8) is 0 Å². The molecule has 128 valence electrons. The fourth-order valence-corrected chi connectivity index (χ4v) is 3.88. The highest BCUT2D eigenvalue weighted by molar-refractivity contribution is 5.73. The first-order valence-corrected chi connectivity index (χ1v) is 8.50. The SMILES string of the molecule is N[C@H](CC1C=CC=CC1(c1ccccc1)N1CCNCC1)C(=O)O. The zero-order chi connectivity index (χ0) is 17.0. The van der Waals surface area contributed by atoms with Gasteiger partial charge < -0.3 is 16.2 Å². The average molecular weight is 327 g/mol. The lowest BCUT2D eigenvalue weighted by Crippen LogP contribution is -2.57. The van der Waals surface area contributed by atoms with Crippen LogP contribution < -0.4 is 11.1 Å². The van der Waals surface area contributed by atoms with Crippen molar-refractivity contribution in [2.75, 3.05) is 26.2 Å². The molecule has 3 rings (SSSR count). The molecule has 1 aliphatic carbocycles. The predicted octanol–water partition coefficient (Wildman–Crippen LogP) is 1.33. The van der Waals surface area contributed by atoms with E-state index in [0.717, 1.165) is 26.2 Å². The minimum absolute atomic E-state index is 0.0223. The maximum atomic E-state index is 11.3. The molecule has 24 heavy (non-hydrogen) atoms. The number of benzene rings is 1. The van der Waals surface area contributed by atoms with Crippen molar-refractivity contribution in [2.24, 2.45) is 11.7 Å².